The number of quaternary nitrogens is 1. The molecule has 1 unspecified atom stereocenters. The Bertz CT molecular complexity index is 673. The number of aliphatic hydroxyl groups is 1. The monoisotopic (exact) mass is 427 g/mol. The van der Waals surface area contributed by atoms with Crippen LogP contribution in [-0.2, 0) is 16.5 Å². The highest BCUT2D eigenvalue weighted by molar-refractivity contribution is 7.85. The van der Waals surface area contributed by atoms with E-state index in [0.717, 1.165) is 18.5 Å². The number of rotatable bonds is 16. The van der Waals surface area contributed by atoms with Crippen LogP contribution < -0.4 is 4.48 Å². The summed E-state index contributed by atoms with van der Waals surface area (Å²) < 4.78 is 32.9. The van der Waals surface area contributed by atoms with Crippen molar-refractivity contribution < 1.29 is 18.1 Å². The van der Waals surface area contributed by atoms with Crippen molar-refractivity contribution in [2.75, 3.05) is 19.8 Å². The molecule has 0 aromatic heterocycles. The van der Waals surface area contributed by atoms with E-state index in [4.69, 9.17) is 0 Å². The number of benzene rings is 1. The molecule has 0 radical (unpaired) electrons. The molecule has 0 saturated heterocycles. The van der Waals surface area contributed by atoms with Crippen molar-refractivity contribution in [1.29, 1.82) is 0 Å². The predicted molar refractivity (Wildman–Crippen MR) is 121 cm³/mol. The molecule has 1 N–H and O–H groups in total. The minimum absolute atomic E-state index is 0.0641. The summed E-state index contributed by atoms with van der Waals surface area (Å²) in [5.74, 6) is -0.545. The second kappa shape index (κ2) is 13.4. The van der Waals surface area contributed by atoms with Crippen LogP contribution in [0.2, 0.25) is 0 Å². The molecule has 0 heterocycles. The first kappa shape index (κ1) is 26.1. The van der Waals surface area contributed by atoms with Crippen LogP contribution in [0.3, 0.4) is 0 Å². The molecule has 0 bridgehead atoms. The second-order valence-corrected chi connectivity index (χ2v) is 10.2. The van der Waals surface area contributed by atoms with Gasteiger partial charge >= 0.3 is 0 Å². The highest BCUT2D eigenvalue weighted by atomic mass is 32.2. The lowest BCUT2D eigenvalue weighted by Crippen LogP contribution is -2.51. The summed E-state index contributed by atoms with van der Waals surface area (Å²) in [6.45, 7) is 2.25. The highest BCUT2D eigenvalue weighted by Crippen LogP contribution is 2.29. The van der Waals surface area contributed by atoms with Gasteiger partial charge in [0.25, 0.3) is 0 Å². The lowest BCUT2D eigenvalue weighted by molar-refractivity contribution is 0.0412. The first-order chi connectivity index (χ1) is 13.7. The smallest absolute Gasteiger partial charge is 0.195 e. The Morgan fingerprint density at radius 1 is 0.931 bits per heavy atom. The van der Waals surface area contributed by atoms with E-state index in [2.05, 4.69) is 13.0 Å². The van der Waals surface area contributed by atoms with Gasteiger partial charge in [0.05, 0.1) is 24.2 Å². The SMILES string of the molecule is CCCCCCCCCCCCc1ccccc1[N+](C)(C)C(O)CCS(=O)(=O)[O-]. The summed E-state index contributed by atoms with van der Waals surface area (Å²) in [6.07, 6.45) is 12.9. The Morgan fingerprint density at radius 3 is 2.00 bits per heavy atom. The maximum atomic E-state index is 10.9. The van der Waals surface area contributed by atoms with Gasteiger partial charge in [-0.05, 0) is 18.9 Å². The molecule has 0 amide bonds. The van der Waals surface area contributed by atoms with E-state index in [0.29, 0.717) is 0 Å². The third kappa shape index (κ3) is 10.6. The Labute approximate surface area is 178 Å². The van der Waals surface area contributed by atoms with Gasteiger partial charge in [0, 0.05) is 17.7 Å². The fourth-order valence-electron chi connectivity index (χ4n) is 3.82. The summed E-state index contributed by atoms with van der Waals surface area (Å²) in [5, 5.41) is 10.5. The molecule has 29 heavy (non-hydrogen) atoms. The number of aliphatic hydroxyl groups excluding tert-OH is 1. The molecule has 6 heteroatoms. The standard InChI is InChI=1S/C23H41NO4S/c1-4-5-6-7-8-9-10-11-12-13-16-21-17-14-15-18-22(21)24(2,3)23(25)19-20-29(26,27)28/h14-15,17-18,23,25H,4-13,16,19-20H2,1-3H3. The van der Waals surface area contributed by atoms with E-state index in [-0.39, 0.29) is 10.9 Å². The molecule has 168 valence electrons. The summed E-state index contributed by atoms with van der Waals surface area (Å²) >= 11 is 0. The van der Waals surface area contributed by atoms with Crippen molar-refractivity contribution in [2.24, 2.45) is 0 Å². The first-order valence-electron chi connectivity index (χ1n) is 11.2. The van der Waals surface area contributed by atoms with Gasteiger partial charge in [0.1, 0.15) is 5.69 Å². The Hall–Kier alpha value is -0.950. The molecule has 5 nitrogen and oxygen atoms in total. The van der Waals surface area contributed by atoms with Gasteiger partial charge in [-0.15, -0.1) is 0 Å². The van der Waals surface area contributed by atoms with Gasteiger partial charge in [0.2, 0.25) is 0 Å². The van der Waals surface area contributed by atoms with Gasteiger partial charge < -0.3 is 9.66 Å². The molecular formula is C23H41NO4S. The Kier molecular flexibility index (Phi) is 12.0. The van der Waals surface area contributed by atoms with Crippen molar-refractivity contribution in [3.05, 3.63) is 29.8 Å². The summed E-state index contributed by atoms with van der Waals surface area (Å²) in [5.41, 5.74) is 2.17. The summed E-state index contributed by atoms with van der Waals surface area (Å²) in [6, 6.07) is 8.01. The topological polar surface area (TPSA) is 77.4 Å². The van der Waals surface area contributed by atoms with Crippen LogP contribution in [-0.4, -0.2) is 44.2 Å². The van der Waals surface area contributed by atoms with E-state index in [1.165, 1.54) is 63.4 Å². The zero-order valence-electron chi connectivity index (χ0n) is 18.6. The summed E-state index contributed by atoms with van der Waals surface area (Å²) in [7, 11) is -0.603. The van der Waals surface area contributed by atoms with Crippen molar-refractivity contribution in [3.63, 3.8) is 0 Å². The van der Waals surface area contributed by atoms with Gasteiger partial charge in [0.15, 0.2) is 6.23 Å². The molecule has 0 aliphatic carbocycles. The third-order valence-electron chi connectivity index (χ3n) is 5.78. The largest absolute Gasteiger partial charge is 0.748 e. The number of hydrogen-bond acceptors (Lipinski definition) is 4. The van der Waals surface area contributed by atoms with Crippen LogP contribution in [0.15, 0.2) is 24.3 Å². The van der Waals surface area contributed by atoms with Crippen LogP contribution in [0.25, 0.3) is 0 Å². The molecule has 0 fully saturated rings. The summed E-state index contributed by atoms with van der Waals surface area (Å²) in [4.78, 5) is 0. The molecule has 1 aromatic rings. The molecule has 0 aliphatic rings. The first-order valence-corrected chi connectivity index (χ1v) is 12.8. The number of hydrogen-bond donors (Lipinski definition) is 1. The normalized spacial score (nSPS) is 13.6. The Balaban J connectivity index is 2.46. The van der Waals surface area contributed by atoms with E-state index >= 15 is 0 Å². The Morgan fingerprint density at radius 2 is 1.45 bits per heavy atom. The lowest BCUT2D eigenvalue weighted by Gasteiger charge is -2.35. The quantitative estimate of drug-likeness (QED) is 0.175. The molecule has 0 spiro atoms. The van der Waals surface area contributed by atoms with Crippen LogP contribution >= 0.6 is 0 Å². The van der Waals surface area contributed by atoms with E-state index in [1.807, 2.05) is 32.3 Å². The molecule has 1 rings (SSSR count). The van der Waals surface area contributed by atoms with E-state index in [1.54, 1.807) is 0 Å². The maximum absolute atomic E-state index is 10.9. The predicted octanol–water partition coefficient (Wildman–Crippen LogP) is 4.97. The van der Waals surface area contributed by atoms with Crippen LogP contribution in [0, 0.1) is 0 Å². The molecule has 0 saturated carbocycles. The second-order valence-electron chi connectivity index (χ2n) is 8.63. The minimum atomic E-state index is -4.32. The molecule has 1 aromatic carbocycles. The highest BCUT2D eigenvalue weighted by Gasteiger charge is 2.31. The number of para-hydroxylation sites is 1. The van der Waals surface area contributed by atoms with Crippen LogP contribution in [0.1, 0.15) is 83.1 Å². The fraction of sp³-hybridized carbons (Fsp3) is 0.739. The zero-order chi connectivity index (χ0) is 21.8. The average molecular weight is 428 g/mol. The van der Waals surface area contributed by atoms with Gasteiger partial charge in [-0.2, -0.15) is 0 Å². The van der Waals surface area contributed by atoms with Crippen molar-refractivity contribution >= 4 is 15.8 Å². The van der Waals surface area contributed by atoms with E-state index < -0.39 is 22.1 Å². The van der Waals surface area contributed by atoms with Gasteiger partial charge in [-0.1, -0.05) is 82.9 Å². The number of nitrogens with zero attached hydrogens (tertiary/aromatic N) is 1. The lowest BCUT2D eigenvalue weighted by atomic mass is 10.0. The molecular weight excluding hydrogens is 386 g/mol. The van der Waals surface area contributed by atoms with Gasteiger partial charge in [-0.3, -0.25) is 4.48 Å². The van der Waals surface area contributed by atoms with E-state index in [9.17, 15) is 18.1 Å². The molecule has 1 atom stereocenters. The zero-order valence-corrected chi connectivity index (χ0v) is 19.4. The fourth-order valence-corrected chi connectivity index (χ4v) is 4.32. The minimum Gasteiger partial charge on any atom is -0.748 e. The molecule has 0 aliphatic heterocycles. The van der Waals surface area contributed by atoms with Crippen molar-refractivity contribution in [1.82, 2.24) is 4.48 Å². The average Bonchev–Trinajstić information content (AvgIpc) is 2.67. The van der Waals surface area contributed by atoms with Crippen molar-refractivity contribution in [3.8, 4) is 0 Å². The third-order valence-corrected chi connectivity index (χ3v) is 6.52. The van der Waals surface area contributed by atoms with Gasteiger partial charge in [-0.25, -0.2) is 8.42 Å². The maximum Gasteiger partial charge on any atom is 0.195 e. The number of unbranched alkanes of at least 4 members (excludes halogenated alkanes) is 9. The number of aryl methyl sites for hydroxylation is 1. The van der Waals surface area contributed by atoms with Crippen LogP contribution in [0.4, 0.5) is 5.69 Å². The van der Waals surface area contributed by atoms with Crippen LogP contribution in [0.5, 0.6) is 0 Å². The van der Waals surface area contributed by atoms with Crippen molar-refractivity contribution in [2.45, 2.75) is 90.2 Å².